The second-order valence-corrected chi connectivity index (χ2v) is 8.34. The van der Waals surface area contributed by atoms with Crippen LogP contribution in [0.5, 0.6) is 0 Å². The molecule has 4 atom stereocenters. The van der Waals surface area contributed by atoms with Gasteiger partial charge in [0.05, 0.1) is 0 Å². The number of aryl methyl sites for hydroxylation is 1. The van der Waals surface area contributed by atoms with Gasteiger partial charge < -0.3 is 5.32 Å². The number of hydrogen-bond donors (Lipinski definition) is 1. The molecule has 1 saturated heterocycles. The van der Waals surface area contributed by atoms with E-state index in [2.05, 4.69) is 80.8 Å². The zero-order valence-electron chi connectivity index (χ0n) is 12.3. The molecule has 4 unspecified atom stereocenters. The third-order valence-corrected chi connectivity index (χ3v) is 7.39. The van der Waals surface area contributed by atoms with Crippen molar-refractivity contribution in [1.82, 2.24) is 5.32 Å². The highest BCUT2D eigenvalue weighted by molar-refractivity contribution is 8.07. The summed E-state index contributed by atoms with van der Waals surface area (Å²) in [6.07, 6.45) is 0. The maximum atomic E-state index is 3.71. The molecule has 1 aromatic carbocycles. The molecule has 1 heterocycles. The molecule has 1 N–H and O–H groups in total. The van der Waals surface area contributed by atoms with E-state index in [1.54, 1.807) is 0 Å². The van der Waals surface area contributed by atoms with Crippen LogP contribution in [-0.4, -0.2) is 28.0 Å². The SMILES string of the molecule is CCNC(c1ccccc1C)C1CSC(C)C(C)S1. The maximum absolute atomic E-state index is 3.71. The van der Waals surface area contributed by atoms with Crippen molar-refractivity contribution < 1.29 is 0 Å². The molecule has 0 radical (unpaired) electrons. The zero-order chi connectivity index (χ0) is 13.8. The molecule has 0 aliphatic carbocycles. The Morgan fingerprint density at radius 1 is 1.26 bits per heavy atom. The van der Waals surface area contributed by atoms with Crippen molar-refractivity contribution in [3.05, 3.63) is 35.4 Å². The van der Waals surface area contributed by atoms with Gasteiger partial charge in [-0.1, -0.05) is 45.0 Å². The highest BCUT2D eigenvalue weighted by atomic mass is 32.2. The third kappa shape index (κ3) is 3.71. The van der Waals surface area contributed by atoms with Gasteiger partial charge in [0.1, 0.15) is 0 Å². The van der Waals surface area contributed by atoms with Gasteiger partial charge in [0.25, 0.3) is 0 Å². The molecule has 3 heteroatoms. The Hall–Kier alpha value is -0.120. The highest BCUT2D eigenvalue weighted by Crippen LogP contribution is 2.41. The first-order chi connectivity index (χ1) is 9.13. The molecular weight excluding hydrogens is 270 g/mol. The summed E-state index contributed by atoms with van der Waals surface area (Å²) in [6, 6.07) is 9.30. The molecule has 1 fully saturated rings. The fourth-order valence-electron chi connectivity index (χ4n) is 2.58. The van der Waals surface area contributed by atoms with Crippen molar-refractivity contribution >= 4 is 23.5 Å². The second kappa shape index (κ2) is 7.05. The van der Waals surface area contributed by atoms with Gasteiger partial charge in [-0.25, -0.2) is 0 Å². The van der Waals surface area contributed by atoms with Crippen LogP contribution in [0.2, 0.25) is 0 Å². The molecule has 1 aromatic rings. The van der Waals surface area contributed by atoms with Crippen molar-refractivity contribution in [3.8, 4) is 0 Å². The number of thioether (sulfide) groups is 2. The summed E-state index contributed by atoms with van der Waals surface area (Å²) in [7, 11) is 0. The van der Waals surface area contributed by atoms with Crippen molar-refractivity contribution in [1.29, 1.82) is 0 Å². The molecule has 1 aliphatic rings. The van der Waals surface area contributed by atoms with E-state index < -0.39 is 0 Å². The van der Waals surface area contributed by atoms with Gasteiger partial charge in [-0.3, -0.25) is 0 Å². The predicted molar refractivity (Wildman–Crippen MR) is 90.4 cm³/mol. The molecule has 0 amide bonds. The van der Waals surface area contributed by atoms with Crippen molar-refractivity contribution in [2.75, 3.05) is 12.3 Å². The van der Waals surface area contributed by atoms with Gasteiger partial charge >= 0.3 is 0 Å². The molecule has 0 saturated carbocycles. The van der Waals surface area contributed by atoms with Gasteiger partial charge in [-0.15, -0.1) is 0 Å². The minimum absolute atomic E-state index is 0.485. The fraction of sp³-hybridized carbons (Fsp3) is 0.625. The number of hydrogen-bond acceptors (Lipinski definition) is 3. The molecule has 19 heavy (non-hydrogen) atoms. The van der Waals surface area contributed by atoms with Crippen LogP contribution >= 0.6 is 23.5 Å². The predicted octanol–water partition coefficient (Wildman–Crippen LogP) is 4.27. The Bertz CT molecular complexity index is 407. The van der Waals surface area contributed by atoms with Crippen molar-refractivity contribution in [3.63, 3.8) is 0 Å². The number of nitrogens with one attached hydrogen (secondary N) is 1. The Morgan fingerprint density at radius 3 is 2.63 bits per heavy atom. The third-order valence-electron chi connectivity index (χ3n) is 3.89. The smallest absolute Gasteiger partial charge is 0.0451 e. The number of rotatable bonds is 4. The van der Waals surface area contributed by atoms with Crippen LogP contribution in [-0.2, 0) is 0 Å². The summed E-state index contributed by atoms with van der Waals surface area (Å²) in [5, 5.41) is 5.91. The fourth-order valence-corrected chi connectivity index (χ4v) is 5.69. The van der Waals surface area contributed by atoms with E-state index in [0.29, 0.717) is 11.3 Å². The van der Waals surface area contributed by atoms with Gasteiger partial charge in [0, 0.05) is 27.5 Å². The lowest BCUT2D eigenvalue weighted by molar-refractivity contribution is 0.545. The monoisotopic (exact) mass is 295 g/mol. The molecule has 2 rings (SSSR count). The lowest BCUT2D eigenvalue weighted by Crippen LogP contribution is -2.37. The molecule has 1 nitrogen and oxygen atoms in total. The Balaban J connectivity index is 2.19. The van der Waals surface area contributed by atoms with Gasteiger partial charge in [0.2, 0.25) is 0 Å². The van der Waals surface area contributed by atoms with Crippen molar-refractivity contribution in [2.45, 2.75) is 49.5 Å². The molecule has 0 spiro atoms. The standard InChI is InChI=1S/C16H25NS2/c1-5-17-16(14-9-7-6-8-11(14)2)15-10-18-12(3)13(4)19-15/h6-9,12-13,15-17H,5,10H2,1-4H3. The van der Waals surface area contributed by atoms with Gasteiger partial charge in [-0.2, -0.15) is 23.5 Å². The average molecular weight is 296 g/mol. The van der Waals surface area contributed by atoms with Crippen molar-refractivity contribution in [2.24, 2.45) is 0 Å². The van der Waals surface area contributed by atoms with Crippen LogP contribution in [0.3, 0.4) is 0 Å². The lowest BCUT2D eigenvalue weighted by Gasteiger charge is -2.37. The lowest BCUT2D eigenvalue weighted by atomic mass is 9.99. The first kappa shape index (κ1) is 15.3. The first-order valence-corrected chi connectivity index (χ1v) is 9.18. The average Bonchev–Trinajstić information content (AvgIpc) is 2.40. The van der Waals surface area contributed by atoms with Gasteiger partial charge in [-0.05, 0) is 24.6 Å². The Kier molecular flexibility index (Phi) is 5.67. The van der Waals surface area contributed by atoms with E-state index in [4.69, 9.17) is 0 Å². The summed E-state index contributed by atoms with van der Waals surface area (Å²) in [5.74, 6) is 1.25. The maximum Gasteiger partial charge on any atom is 0.0451 e. The quantitative estimate of drug-likeness (QED) is 0.891. The minimum Gasteiger partial charge on any atom is -0.309 e. The summed E-state index contributed by atoms with van der Waals surface area (Å²) in [4.78, 5) is 0. The Labute approximate surface area is 126 Å². The van der Waals surface area contributed by atoms with E-state index >= 15 is 0 Å². The van der Waals surface area contributed by atoms with Gasteiger partial charge in [0.15, 0.2) is 0 Å². The topological polar surface area (TPSA) is 12.0 Å². The van der Waals surface area contributed by atoms with E-state index in [-0.39, 0.29) is 0 Å². The molecule has 106 valence electrons. The largest absolute Gasteiger partial charge is 0.309 e. The second-order valence-electron chi connectivity index (χ2n) is 5.31. The summed E-state index contributed by atoms with van der Waals surface area (Å²) >= 11 is 4.29. The minimum atomic E-state index is 0.485. The highest BCUT2D eigenvalue weighted by Gasteiger charge is 2.32. The van der Waals surface area contributed by atoms with E-state index in [9.17, 15) is 0 Å². The molecule has 0 aromatic heterocycles. The summed E-state index contributed by atoms with van der Waals surface area (Å²) in [6.45, 7) is 10.2. The van der Waals surface area contributed by atoms with E-state index in [0.717, 1.165) is 17.0 Å². The first-order valence-electron chi connectivity index (χ1n) is 7.19. The molecule has 1 aliphatic heterocycles. The van der Waals surface area contributed by atoms with E-state index in [1.165, 1.54) is 16.9 Å². The van der Waals surface area contributed by atoms with Crippen LogP contribution < -0.4 is 5.32 Å². The summed E-state index contributed by atoms with van der Waals surface area (Å²) < 4.78 is 0. The van der Waals surface area contributed by atoms with Crippen LogP contribution in [0.15, 0.2) is 24.3 Å². The van der Waals surface area contributed by atoms with Crippen LogP contribution in [0.1, 0.15) is 37.9 Å². The number of benzene rings is 1. The molecular formula is C16H25NS2. The molecule has 0 bridgehead atoms. The van der Waals surface area contributed by atoms with Crippen LogP contribution in [0, 0.1) is 6.92 Å². The van der Waals surface area contributed by atoms with Crippen LogP contribution in [0.4, 0.5) is 0 Å². The van der Waals surface area contributed by atoms with E-state index in [1.807, 2.05) is 0 Å². The normalized spacial score (nSPS) is 29.2. The zero-order valence-corrected chi connectivity index (χ0v) is 14.0. The summed E-state index contributed by atoms with van der Waals surface area (Å²) in [5.41, 5.74) is 2.88. The Morgan fingerprint density at radius 2 is 2.00 bits per heavy atom. The van der Waals surface area contributed by atoms with Crippen LogP contribution in [0.25, 0.3) is 0 Å².